The lowest BCUT2D eigenvalue weighted by Gasteiger charge is -2.15. The molecule has 2 rings (SSSR count). The summed E-state index contributed by atoms with van der Waals surface area (Å²) in [5, 5.41) is 3.37. The Morgan fingerprint density at radius 3 is 2.48 bits per heavy atom. The highest BCUT2D eigenvalue weighted by molar-refractivity contribution is 5.42. The third kappa shape index (κ3) is 3.95. The zero-order valence-corrected chi connectivity index (χ0v) is 12.5. The van der Waals surface area contributed by atoms with E-state index in [0.29, 0.717) is 18.0 Å². The minimum absolute atomic E-state index is 0.0637. The lowest BCUT2D eigenvalue weighted by atomic mass is 10.1. The van der Waals surface area contributed by atoms with Crippen LogP contribution in [0.1, 0.15) is 24.1 Å². The van der Waals surface area contributed by atoms with Crippen LogP contribution in [0.5, 0.6) is 11.5 Å². The molecule has 21 heavy (non-hydrogen) atoms. The van der Waals surface area contributed by atoms with E-state index in [1.807, 2.05) is 31.2 Å². The quantitative estimate of drug-likeness (QED) is 0.879. The highest BCUT2D eigenvalue weighted by Gasteiger charge is 2.08. The van der Waals surface area contributed by atoms with Crippen molar-refractivity contribution < 1.29 is 13.9 Å². The molecule has 2 aromatic carbocycles. The van der Waals surface area contributed by atoms with E-state index in [-0.39, 0.29) is 11.9 Å². The Labute approximate surface area is 124 Å². The topological polar surface area (TPSA) is 30.5 Å². The van der Waals surface area contributed by atoms with Crippen molar-refractivity contribution in [3.05, 3.63) is 59.4 Å². The lowest BCUT2D eigenvalue weighted by Crippen LogP contribution is -2.18. The molecule has 0 saturated heterocycles. The predicted octanol–water partition coefficient (Wildman–Crippen LogP) is 3.69. The van der Waals surface area contributed by atoms with Crippen LogP contribution < -0.4 is 14.8 Å². The van der Waals surface area contributed by atoms with Crippen molar-refractivity contribution in [2.45, 2.75) is 19.5 Å². The summed E-state index contributed by atoms with van der Waals surface area (Å²) in [5.41, 5.74) is 2.01. The summed E-state index contributed by atoms with van der Waals surface area (Å²) in [7, 11) is 3.23. The Morgan fingerprint density at radius 1 is 1.05 bits per heavy atom. The molecule has 0 aliphatic rings. The van der Waals surface area contributed by atoms with Crippen LogP contribution in [0.2, 0.25) is 0 Å². The van der Waals surface area contributed by atoms with E-state index in [1.165, 1.54) is 6.07 Å². The molecular weight excluding hydrogens is 269 g/mol. The molecule has 0 amide bonds. The van der Waals surface area contributed by atoms with Gasteiger partial charge in [0, 0.05) is 12.6 Å². The summed E-state index contributed by atoms with van der Waals surface area (Å²) in [5.74, 6) is 1.20. The largest absolute Gasteiger partial charge is 0.493 e. The molecule has 2 aromatic rings. The second-order valence-electron chi connectivity index (χ2n) is 4.85. The zero-order chi connectivity index (χ0) is 15.2. The van der Waals surface area contributed by atoms with Gasteiger partial charge in [-0.3, -0.25) is 0 Å². The lowest BCUT2D eigenvalue weighted by molar-refractivity contribution is 0.354. The molecule has 0 heterocycles. The first-order valence-electron chi connectivity index (χ1n) is 6.83. The number of hydrogen-bond donors (Lipinski definition) is 1. The van der Waals surface area contributed by atoms with Crippen LogP contribution in [-0.2, 0) is 6.54 Å². The Morgan fingerprint density at radius 2 is 1.81 bits per heavy atom. The minimum atomic E-state index is -0.215. The fourth-order valence-corrected chi connectivity index (χ4v) is 2.16. The monoisotopic (exact) mass is 289 g/mol. The van der Waals surface area contributed by atoms with Crippen LogP contribution in [0.25, 0.3) is 0 Å². The third-order valence-corrected chi connectivity index (χ3v) is 3.41. The molecule has 0 aliphatic carbocycles. The van der Waals surface area contributed by atoms with Crippen LogP contribution in [0.3, 0.4) is 0 Å². The Kier molecular flexibility index (Phi) is 5.17. The highest BCUT2D eigenvalue weighted by atomic mass is 19.1. The number of ether oxygens (including phenoxy) is 2. The van der Waals surface area contributed by atoms with E-state index in [0.717, 1.165) is 11.1 Å². The zero-order valence-electron chi connectivity index (χ0n) is 12.5. The summed E-state index contributed by atoms with van der Waals surface area (Å²) in [6.45, 7) is 2.67. The van der Waals surface area contributed by atoms with Crippen LogP contribution in [0.4, 0.5) is 4.39 Å². The summed E-state index contributed by atoms with van der Waals surface area (Å²) in [4.78, 5) is 0. The molecule has 0 unspecified atom stereocenters. The molecule has 112 valence electrons. The van der Waals surface area contributed by atoms with E-state index in [4.69, 9.17) is 9.47 Å². The van der Waals surface area contributed by atoms with Gasteiger partial charge in [0.1, 0.15) is 5.82 Å². The van der Waals surface area contributed by atoms with E-state index in [2.05, 4.69) is 5.32 Å². The number of nitrogens with one attached hydrogen (secondary N) is 1. The molecule has 3 nitrogen and oxygen atoms in total. The van der Waals surface area contributed by atoms with E-state index < -0.39 is 0 Å². The average molecular weight is 289 g/mol. The van der Waals surface area contributed by atoms with Gasteiger partial charge in [-0.2, -0.15) is 0 Å². The standard InChI is InChI=1S/C17H20FNO2/c1-12(14-5-4-6-15(18)10-14)19-11-13-7-8-16(20-2)17(9-13)21-3/h4-10,12,19H,11H2,1-3H3/t12-/m1/s1. The number of halogens is 1. The second kappa shape index (κ2) is 7.09. The van der Waals surface area contributed by atoms with Crippen molar-refractivity contribution >= 4 is 0 Å². The molecule has 4 heteroatoms. The first-order valence-corrected chi connectivity index (χ1v) is 6.83. The summed E-state index contributed by atoms with van der Waals surface area (Å²) in [6, 6.07) is 12.5. The maximum Gasteiger partial charge on any atom is 0.161 e. The van der Waals surface area contributed by atoms with Crippen LogP contribution >= 0.6 is 0 Å². The fourth-order valence-electron chi connectivity index (χ4n) is 2.16. The van der Waals surface area contributed by atoms with Crippen LogP contribution in [-0.4, -0.2) is 14.2 Å². The van der Waals surface area contributed by atoms with Gasteiger partial charge >= 0.3 is 0 Å². The van der Waals surface area contributed by atoms with Crippen molar-refractivity contribution in [1.82, 2.24) is 5.32 Å². The molecule has 0 radical (unpaired) electrons. The summed E-state index contributed by atoms with van der Waals surface area (Å²) < 4.78 is 23.7. The molecule has 1 atom stereocenters. The van der Waals surface area contributed by atoms with E-state index in [9.17, 15) is 4.39 Å². The van der Waals surface area contributed by atoms with Crippen molar-refractivity contribution in [1.29, 1.82) is 0 Å². The number of hydrogen-bond acceptors (Lipinski definition) is 3. The predicted molar refractivity (Wildman–Crippen MR) is 81.2 cm³/mol. The van der Waals surface area contributed by atoms with Gasteiger partial charge in [-0.1, -0.05) is 18.2 Å². The molecule has 0 bridgehead atoms. The number of methoxy groups -OCH3 is 2. The maximum atomic E-state index is 13.2. The van der Waals surface area contributed by atoms with Crippen molar-refractivity contribution in [3.8, 4) is 11.5 Å². The first kappa shape index (κ1) is 15.3. The Balaban J connectivity index is 2.02. The average Bonchev–Trinajstić information content (AvgIpc) is 2.52. The van der Waals surface area contributed by atoms with Gasteiger partial charge < -0.3 is 14.8 Å². The first-order chi connectivity index (χ1) is 10.1. The molecule has 0 saturated carbocycles. The van der Waals surface area contributed by atoms with Crippen LogP contribution in [0.15, 0.2) is 42.5 Å². The summed E-state index contributed by atoms with van der Waals surface area (Å²) in [6.07, 6.45) is 0. The van der Waals surface area contributed by atoms with Gasteiger partial charge in [-0.05, 0) is 42.3 Å². The van der Waals surface area contributed by atoms with Crippen molar-refractivity contribution in [3.63, 3.8) is 0 Å². The smallest absolute Gasteiger partial charge is 0.161 e. The molecule has 0 aliphatic heterocycles. The molecular formula is C17H20FNO2. The normalized spacial score (nSPS) is 12.0. The van der Waals surface area contributed by atoms with Gasteiger partial charge in [-0.15, -0.1) is 0 Å². The molecule has 0 aromatic heterocycles. The molecule has 1 N–H and O–H groups in total. The maximum absolute atomic E-state index is 13.2. The Bertz CT molecular complexity index is 601. The second-order valence-corrected chi connectivity index (χ2v) is 4.85. The van der Waals surface area contributed by atoms with Crippen molar-refractivity contribution in [2.75, 3.05) is 14.2 Å². The van der Waals surface area contributed by atoms with Crippen LogP contribution in [0, 0.1) is 5.82 Å². The third-order valence-electron chi connectivity index (χ3n) is 3.41. The van der Waals surface area contributed by atoms with Gasteiger partial charge in [0.15, 0.2) is 11.5 Å². The van der Waals surface area contributed by atoms with E-state index >= 15 is 0 Å². The number of benzene rings is 2. The van der Waals surface area contributed by atoms with Crippen molar-refractivity contribution in [2.24, 2.45) is 0 Å². The summed E-state index contributed by atoms with van der Waals surface area (Å²) >= 11 is 0. The van der Waals surface area contributed by atoms with Gasteiger partial charge in [0.05, 0.1) is 14.2 Å². The Hall–Kier alpha value is -2.07. The van der Waals surface area contributed by atoms with E-state index in [1.54, 1.807) is 26.4 Å². The minimum Gasteiger partial charge on any atom is -0.493 e. The SMILES string of the molecule is COc1ccc(CN[C@H](C)c2cccc(F)c2)cc1OC. The van der Waals surface area contributed by atoms with Gasteiger partial charge in [0.25, 0.3) is 0 Å². The van der Waals surface area contributed by atoms with Gasteiger partial charge in [0.2, 0.25) is 0 Å². The fraction of sp³-hybridized carbons (Fsp3) is 0.294. The molecule has 0 spiro atoms. The number of rotatable bonds is 6. The molecule has 0 fully saturated rings. The van der Waals surface area contributed by atoms with Gasteiger partial charge in [-0.25, -0.2) is 4.39 Å². The highest BCUT2D eigenvalue weighted by Crippen LogP contribution is 2.27.